The third-order valence-electron chi connectivity index (χ3n) is 5.24. The predicted molar refractivity (Wildman–Crippen MR) is 121 cm³/mol. The molecule has 1 atom stereocenters. The molecular weight excluding hydrogens is 418 g/mol. The van der Waals surface area contributed by atoms with Gasteiger partial charge in [0, 0.05) is 43.2 Å². The number of aromatic nitrogens is 1. The summed E-state index contributed by atoms with van der Waals surface area (Å²) in [4.78, 5) is 29.2. The number of carboxylic acid groups (broad SMARTS) is 1. The molecule has 1 aliphatic rings. The van der Waals surface area contributed by atoms with Gasteiger partial charge in [-0.15, -0.1) is 11.3 Å². The molecular formula is C22H29N3O3S2. The van der Waals surface area contributed by atoms with Gasteiger partial charge >= 0.3 is 5.97 Å². The van der Waals surface area contributed by atoms with E-state index >= 15 is 0 Å². The lowest BCUT2D eigenvalue weighted by atomic mass is 9.87. The molecule has 8 heteroatoms. The van der Waals surface area contributed by atoms with Crippen LogP contribution in [0, 0.1) is 0 Å². The smallest absolute Gasteiger partial charge is 0.355 e. The van der Waals surface area contributed by atoms with Crippen LogP contribution in [0.2, 0.25) is 0 Å². The second kappa shape index (κ2) is 9.94. The van der Waals surface area contributed by atoms with E-state index in [0.29, 0.717) is 18.7 Å². The normalized spacial score (nSPS) is 17.0. The van der Waals surface area contributed by atoms with Gasteiger partial charge in [-0.2, -0.15) is 0 Å². The average Bonchev–Trinajstić information content (AvgIpc) is 3.30. The van der Waals surface area contributed by atoms with Gasteiger partial charge in [0.2, 0.25) is 5.91 Å². The molecule has 2 aromatic rings. The van der Waals surface area contributed by atoms with Gasteiger partial charge in [0.05, 0.1) is 0 Å². The second-order valence-corrected chi connectivity index (χ2v) is 10.7. The zero-order chi connectivity index (χ0) is 21.7. The molecule has 1 amide bonds. The first-order valence-corrected chi connectivity index (χ1v) is 12.0. The molecule has 0 bridgehead atoms. The van der Waals surface area contributed by atoms with Gasteiger partial charge in [-0.3, -0.25) is 4.79 Å². The molecule has 6 nitrogen and oxygen atoms in total. The Morgan fingerprint density at radius 2 is 2.07 bits per heavy atom. The maximum absolute atomic E-state index is 12.3. The number of benzene rings is 1. The first kappa shape index (κ1) is 22.8. The maximum Gasteiger partial charge on any atom is 0.355 e. The fraction of sp³-hybridized carbons (Fsp3) is 0.500. The van der Waals surface area contributed by atoms with Crippen LogP contribution in [0.4, 0.5) is 0 Å². The Labute approximate surface area is 186 Å². The molecule has 1 aliphatic heterocycles. The predicted octanol–water partition coefficient (Wildman–Crippen LogP) is 4.01. The standard InChI is InChI=1S/C22H29N3O3S2/c1-22(2,3)16-6-4-15(5-7-16)12-23-13-17-8-9-19(26)25(17)10-11-29-21-24-18(14-30-21)20(27)28/h4-7,14,17,23H,8-13H2,1-3H3,(H,27,28)/t17-/m1/s1. The molecule has 0 aliphatic carbocycles. The van der Waals surface area contributed by atoms with Crippen molar-refractivity contribution >= 4 is 35.0 Å². The summed E-state index contributed by atoms with van der Waals surface area (Å²) in [5.41, 5.74) is 2.81. The molecule has 2 N–H and O–H groups in total. The van der Waals surface area contributed by atoms with Crippen molar-refractivity contribution in [1.82, 2.24) is 15.2 Å². The molecule has 0 unspecified atom stereocenters. The Morgan fingerprint density at radius 3 is 2.70 bits per heavy atom. The van der Waals surface area contributed by atoms with E-state index in [1.807, 2.05) is 4.90 Å². The lowest BCUT2D eigenvalue weighted by molar-refractivity contribution is -0.128. The number of thiazole rings is 1. The molecule has 0 saturated carbocycles. The Bertz CT molecular complexity index is 874. The van der Waals surface area contributed by atoms with E-state index in [1.165, 1.54) is 34.2 Å². The van der Waals surface area contributed by atoms with E-state index in [0.717, 1.165) is 23.8 Å². The number of likely N-dealkylation sites (tertiary alicyclic amines) is 1. The van der Waals surface area contributed by atoms with Crippen molar-refractivity contribution in [3.63, 3.8) is 0 Å². The van der Waals surface area contributed by atoms with Gasteiger partial charge in [0.1, 0.15) is 0 Å². The van der Waals surface area contributed by atoms with Gasteiger partial charge in [0.15, 0.2) is 10.0 Å². The van der Waals surface area contributed by atoms with Crippen LogP contribution in [-0.2, 0) is 16.8 Å². The van der Waals surface area contributed by atoms with Crippen molar-refractivity contribution in [2.75, 3.05) is 18.8 Å². The summed E-state index contributed by atoms with van der Waals surface area (Å²) < 4.78 is 0.729. The molecule has 3 rings (SSSR count). The van der Waals surface area contributed by atoms with Crippen LogP contribution in [0.25, 0.3) is 0 Å². The Morgan fingerprint density at radius 1 is 1.33 bits per heavy atom. The highest BCUT2D eigenvalue weighted by atomic mass is 32.2. The van der Waals surface area contributed by atoms with Crippen LogP contribution in [-0.4, -0.2) is 51.8 Å². The van der Waals surface area contributed by atoms with Crippen molar-refractivity contribution in [2.24, 2.45) is 0 Å². The molecule has 0 radical (unpaired) electrons. The van der Waals surface area contributed by atoms with Crippen LogP contribution < -0.4 is 5.32 Å². The first-order valence-electron chi connectivity index (χ1n) is 10.2. The number of nitrogens with zero attached hydrogens (tertiary/aromatic N) is 2. The molecule has 30 heavy (non-hydrogen) atoms. The quantitative estimate of drug-likeness (QED) is 0.565. The number of nitrogens with one attached hydrogen (secondary N) is 1. The van der Waals surface area contributed by atoms with Crippen LogP contribution in [0.15, 0.2) is 34.0 Å². The largest absolute Gasteiger partial charge is 0.476 e. The number of hydrogen-bond acceptors (Lipinski definition) is 6. The first-order chi connectivity index (χ1) is 14.2. The summed E-state index contributed by atoms with van der Waals surface area (Å²) in [6, 6.07) is 8.92. The summed E-state index contributed by atoms with van der Waals surface area (Å²) in [7, 11) is 0. The maximum atomic E-state index is 12.3. The highest BCUT2D eigenvalue weighted by Gasteiger charge is 2.30. The van der Waals surface area contributed by atoms with E-state index in [1.54, 1.807) is 5.38 Å². The third kappa shape index (κ3) is 6.06. The number of thioether (sulfide) groups is 1. The van der Waals surface area contributed by atoms with E-state index in [-0.39, 0.29) is 23.1 Å². The average molecular weight is 448 g/mol. The van der Waals surface area contributed by atoms with E-state index in [2.05, 4.69) is 55.3 Å². The minimum absolute atomic E-state index is 0.0809. The molecule has 1 fully saturated rings. The summed E-state index contributed by atoms with van der Waals surface area (Å²) in [6.45, 7) is 8.85. The summed E-state index contributed by atoms with van der Waals surface area (Å²) in [5.74, 6) is -0.0994. The fourth-order valence-corrected chi connectivity index (χ4v) is 5.28. The van der Waals surface area contributed by atoms with Crippen LogP contribution in [0.5, 0.6) is 0 Å². The Kier molecular flexibility index (Phi) is 7.55. The molecule has 0 spiro atoms. The summed E-state index contributed by atoms with van der Waals surface area (Å²) in [5, 5.41) is 14.0. The zero-order valence-corrected chi connectivity index (χ0v) is 19.3. The van der Waals surface area contributed by atoms with Crippen molar-refractivity contribution in [1.29, 1.82) is 0 Å². The molecule has 1 aromatic heterocycles. The van der Waals surface area contributed by atoms with Gasteiger partial charge in [-0.05, 0) is 23.0 Å². The number of amides is 1. The van der Waals surface area contributed by atoms with Gasteiger partial charge < -0.3 is 15.3 Å². The van der Waals surface area contributed by atoms with Gasteiger partial charge in [-0.1, -0.05) is 56.8 Å². The molecule has 1 aromatic carbocycles. The minimum Gasteiger partial charge on any atom is -0.476 e. The zero-order valence-electron chi connectivity index (χ0n) is 17.7. The van der Waals surface area contributed by atoms with Crippen molar-refractivity contribution in [3.05, 3.63) is 46.5 Å². The minimum atomic E-state index is -1.01. The van der Waals surface area contributed by atoms with E-state index in [4.69, 9.17) is 5.11 Å². The number of carbonyl (C=O) groups excluding carboxylic acids is 1. The van der Waals surface area contributed by atoms with Gasteiger partial charge in [0.25, 0.3) is 0 Å². The second-order valence-electron chi connectivity index (χ2n) is 8.51. The number of carboxylic acids is 1. The van der Waals surface area contributed by atoms with Crippen LogP contribution in [0.3, 0.4) is 0 Å². The number of aromatic carboxylic acids is 1. The number of hydrogen-bond donors (Lipinski definition) is 2. The lowest BCUT2D eigenvalue weighted by Gasteiger charge is -2.25. The molecule has 162 valence electrons. The molecule has 1 saturated heterocycles. The summed E-state index contributed by atoms with van der Waals surface area (Å²) >= 11 is 2.83. The summed E-state index contributed by atoms with van der Waals surface area (Å²) in [6.07, 6.45) is 1.47. The Balaban J connectivity index is 1.44. The van der Waals surface area contributed by atoms with Crippen molar-refractivity contribution < 1.29 is 14.7 Å². The van der Waals surface area contributed by atoms with Crippen molar-refractivity contribution in [3.8, 4) is 0 Å². The lowest BCUT2D eigenvalue weighted by Crippen LogP contribution is -2.41. The third-order valence-corrected chi connectivity index (χ3v) is 7.24. The van der Waals surface area contributed by atoms with E-state index in [9.17, 15) is 9.59 Å². The fourth-order valence-electron chi connectivity index (χ4n) is 3.47. The monoisotopic (exact) mass is 447 g/mol. The highest BCUT2D eigenvalue weighted by molar-refractivity contribution is 8.01. The van der Waals surface area contributed by atoms with E-state index < -0.39 is 5.97 Å². The van der Waals surface area contributed by atoms with Crippen LogP contribution >= 0.6 is 23.1 Å². The number of carbonyl (C=O) groups is 2. The topological polar surface area (TPSA) is 82.5 Å². The number of rotatable bonds is 9. The molecule has 2 heterocycles. The SMILES string of the molecule is CC(C)(C)c1ccc(CNC[C@H]2CCC(=O)N2CCSc2nc(C(=O)O)cs2)cc1. The van der Waals surface area contributed by atoms with Crippen molar-refractivity contribution in [2.45, 2.75) is 56.0 Å². The van der Waals surface area contributed by atoms with Crippen LogP contribution in [0.1, 0.15) is 55.2 Å². The van der Waals surface area contributed by atoms with Gasteiger partial charge in [-0.25, -0.2) is 9.78 Å². The highest BCUT2D eigenvalue weighted by Crippen LogP contribution is 2.25. The Hall–Kier alpha value is -1.90.